The maximum Gasteiger partial charge on any atom is 0.165 e. The van der Waals surface area contributed by atoms with Gasteiger partial charge in [0.15, 0.2) is 11.5 Å². The number of nitrogen functional groups attached to an aromatic ring is 1. The van der Waals surface area contributed by atoms with E-state index in [9.17, 15) is 5.11 Å². The van der Waals surface area contributed by atoms with E-state index in [1.807, 2.05) is 4.57 Å². The largest absolute Gasteiger partial charge is 0.395 e. The second kappa shape index (κ2) is 4.03. The van der Waals surface area contributed by atoms with Crippen LogP contribution < -0.4 is 5.73 Å². The summed E-state index contributed by atoms with van der Waals surface area (Å²) in [5.41, 5.74) is 8.22. The predicted molar refractivity (Wildman–Crippen MR) is 72.3 cm³/mol. The van der Waals surface area contributed by atoms with Crippen LogP contribution in [0.1, 0.15) is 26.3 Å². The highest BCUT2D eigenvalue weighted by atomic mass is 16.3. The van der Waals surface area contributed by atoms with Gasteiger partial charge in [-0.15, -0.1) is 0 Å². The molecule has 0 bridgehead atoms. The molecule has 0 aromatic carbocycles. The molecule has 0 saturated heterocycles. The lowest BCUT2D eigenvalue weighted by Crippen LogP contribution is -2.18. The van der Waals surface area contributed by atoms with E-state index in [0.29, 0.717) is 11.3 Å². The number of anilines is 1. The van der Waals surface area contributed by atoms with Gasteiger partial charge in [-0.3, -0.25) is 0 Å². The summed E-state index contributed by atoms with van der Waals surface area (Å²) < 4.78 is 2.01. The summed E-state index contributed by atoms with van der Waals surface area (Å²) in [5, 5.41) is 9.50. The van der Waals surface area contributed by atoms with E-state index >= 15 is 0 Å². The van der Waals surface area contributed by atoms with Crippen molar-refractivity contribution >= 4 is 17.0 Å². The lowest BCUT2D eigenvalue weighted by molar-refractivity contribution is 0.174. The number of fused-ring (bicyclic) bond motifs is 1. The van der Waals surface area contributed by atoms with Gasteiger partial charge in [0.25, 0.3) is 0 Å². The highest BCUT2D eigenvalue weighted by Crippen LogP contribution is 2.43. The zero-order valence-corrected chi connectivity index (χ0v) is 11.0. The van der Waals surface area contributed by atoms with Crippen LogP contribution in [0.2, 0.25) is 0 Å². The molecule has 3 N–H and O–H groups in total. The highest BCUT2D eigenvalue weighted by Gasteiger charge is 2.34. The van der Waals surface area contributed by atoms with Gasteiger partial charge in [0.2, 0.25) is 0 Å². The average Bonchev–Trinajstić information content (AvgIpc) is 2.92. The molecule has 2 heterocycles. The third kappa shape index (κ3) is 1.79. The molecular weight excluding hydrogens is 242 g/mol. The smallest absolute Gasteiger partial charge is 0.165 e. The lowest BCUT2D eigenvalue weighted by Gasteiger charge is -2.21. The molecule has 0 unspecified atom stereocenters. The number of allylic oxidation sites excluding steroid dienone is 1. The lowest BCUT2D eigenvalue weighted by atomic mass is 9.90. The first-order valence-electron chi connectivity index (χ1n) is 6.27. The van der Waals surface area contributed by atoms with E-state index in [1.165, 1.54) is 11.9 Å². The van der Waals surface area contributed by atoms with Gasteiger partial charge in [-0.05, 0) is 13.3 Å². The van der Waals surface area contributed by atoms with E-state index in [4.69, 9.17) is 5.73 Å². The molecule has 19 heavy (non-hydrogen) atoms. The highest BCUT2D eigenvalue weighted by molar-refractivity contribution is 5.81. The normalized spacial score (nSPS) is 26.9. The monoisotopic (exact) mass is 259 g/mol. The summed E-state index contributed by atoms with van der Waals surface area (Å²) in [6, 6.07) is 0.163. The molecule has 0 aliphatic heterocycles. The fourth-order valence-electron chi connectivity index (χ4n) is 2.83. The number of nitrogens with zero attached hydrogens (tertiary/aromatic N) is 4. The zero-order chi connectivity index (χ0) is 13.6. The molecule has 100 valence electrons. The first-order chi connectivity index (χ1) is 9.04. The topological polar surface area (TPSA) is 89.8 Å². The fourth-order valence-corrected chi connectivity index (χ4v) is 2.83. The van der Waals surface area contributed by atoms with Crippen molar-refractivity contribution in [2.24, 2.45) is 5.41 Å². The van der Waals surface area contributed by atoms with Crippen molar-refractivity contribution in [1.82, 2.24) is 19.5 Å². The Labute approximate surface area is 111 Å². The maximum atomic E-state index is 9.50. The van der Waals surface area contributed by atoms with Crippen molar-refractivity contribution in [3.8, 4) is 0 Å². The van der Waals surface area contributed by atoms with Crippen LogP contribution in [0.25, 0.3) is 11.2 Å². The van der Waals surface area contributed by atoms with Crippen LogP contribution in [-0.2, 0) is 0 Å². The SMILES string of the molecule is CC1=C[C@@](C)(CO)C[C@H]1n1cnc2c(N)ncnc21. The van der Waals surface area contributed by atoms with Crippen LogP contribution in [0.3, 0.4) is 0 Å². The van der Waals surface area contributed by atoms with Gasteiger partial charge >= 0.3 is 0 Å². The Morgan fingerprint density at radius 3 is 2.95 bits per heavy atom. The van der Waals surface area contributed by atoms with Crippen LogP contribution in [0.5, 0.6) is 0 Å². The molecule has 6 heteroatoms. The summed E-state index contributed by atoms with van der Waals surface area (Å²) in [4.78, 5) is 12.5. The number of hydrogen-bond donors (Lipinski definition) is 2. The second-order valence-electron chi connectivity index (χ2n) is 5.50. The molecule has 0 spiro atoms. The molecule has 1 aliphatic rings. The average molecular weight is 259 g/mol. The number of nitrogens with two attached hydrogens (primary N) is 1. The van der Waals surface area contributed by atoms with Crippen molar-refractivity contribution < 1.29 is 5.11 Å². The Morgan fingerprint density at radius 2 is 2.26 bits per heavy atom. The summed E-state index contributed by atoms with van der Waals surface area (Å²) >= 11 is 0. The maximum absolute atomic E-state index is 9.50. The van der Waals surface area contributed by atoms with Crippen molar-refractivity contribution in [3.63, 3.8) is 0 Å². The first kappa shape index (κ1) is 12.1. The number of aliphatic hydroxyl groups excluding tert-OH is 1. The Hall–Kier alpha value is -1.95. The molecule has 2 aromatic rings. The Kier molecular flexibility index (Phi) is 2.56. The van der Waals surface area contributed by atoms with E-state index in [1.54, 1.807) is 6.33 Å². The van der Waals surface area contributed by atoms with Crippen LogP contribution in [0.15, 0.2) is 24.3 Å². The molecule has 2 atom stereocenters. The second-order valence-corrected chi connectivity index (χ2v) is 5.50. The quantitative estimate of drug-likeness (QED) is 0.793. The van der Waals surface area contributed by atoms with Gasteiger partial charge in [-0.2, -0.15) is 0 Å². The van der Waals surface area contributed by atoms with E-state index in [0.717, 1.165) is 12.1 Å². The van der Waals surface area contributed by atoms with Crippen LogP contribution in [-0.4, -0.2) is 31.2 Å². The standard InChI is InChI=1S/C13H17N5O/c1-8-3-13(2,5-19)4-9(8)18-7-17-10-11(14)15-6-16-12(10)18/h3,6-7,9,19H,4-5H2,1-2H3,(H2,14,15,16)/t9-,13-/m1/s1. The van der Waals surface area contributed by atoms with Gasteiger partial charge in [-0.25, -0.2) is 15.0 Å². The Balaban J connectivity index is 2.08. The van der Waals surface area contributed by atoms with Gasteiger partial charge < -0.3 is 15.4 Å². The fraction of sp³-hybridized carbons (Fsp3) is 0.462. The number of rotatable bonds is 2. The van der Waals surface area contributed by atoms with E-state index < -0.39 is 0 Å². The van der Waals surface area contributed by atoms with E-state index in [2.05, 4.69) is 34.9 Å². The molecule has 0 radical (unpaired) electrons. The van der Waals surface area contributed by atoms with E-state index in [-0.39, 0.29) is 18.1 Å². The van der Waals surface area contributed by atoms with Gasteiger partial charge in [0, 0.05) is 5.41 Å². The van der Waals surface area contributed by atoms with Crippen molar-refractivity contribution in [2.75, 3.05) is 12.3 Å². The number of hydrogen-bond acceptors (Lipinski definition) is 5. The Morgan fingerprint density at radius 1 is 1.47 bits per heavy atom. The molecule has 3 rings (SSSR count). The minimum atomic E-state index is -0.177. The van der Waals surface area contributed by atoms with Gasteiger partial charge in [0.1, 0.15) is 11.8 Å². The van der Waals surface area contributed by atoms with Crippen molar-refractivity contribution in [3.05, 3.63) is 24.3 Å². The summed E-state index contributed by atoms with van der Waals surface area (Å²) in [7, 11) is 0. The van der Waals surface area contributed by atoms with Crippen molar-refractivity contribution in [2.45, 2.75) is 26.3 Å². The van der Waals surface area contributed by atoms with Crippen molar-refractivity contribution in [1.29, 1.82) is 0 Å². The minimum absolute atomic E-state index is 0.143. The van der Waals surface area contributed by atoms with Crippen LogP contribution in [0, 0.1) is 5.41 Å². The molecular formula is C13H17N5O. The van der Waals surface area contributed by atoms with Gasteiger partial charge in [-0.1, -0.05) is 18.6 Å². The molecule has 0 amide bonds. The molecule has 1 aliphatic carbocycles. The minimum Gasteiger partial charge on any atom is -0.395 e. The molecule has 2 aromatic heterocycles. The number of imidazole rings is 1. The summed E-state index contributed by atoms with van der Waals surface area (Å²) in [6.45, 7) is 4.27. The molecule has 0 fully saturated rings. The predicted octanol–water partition coefficient (Wildman–Crippen LogP) is 1.30. The number of aliphatic hydroxyl groups is 1. The third-order valence-corrected chi connectivity index (χ3v) is 3.85. The molecule has 6 nitrogen and oxygen atoms in total. The third-order valence-electron chi connectivity index (χ3n) is 3.85. The van der Waals surface area contributed by atoms with Crippen LogP contribution >= 0.6 is 0 Å². The van der Waals surface area contributed by atoms with Gasteiger partial charge in [0.05, 0.1) is 19.0 Å². The Bertz CT molecular complexity index is 662. The zero-order valence-electron chi connectivity index (χ0n) is 11.0. The first-order valence-corrected chi connectivity index (χ1v) is 6.27. The molecule has 0 saturated carbocycles. The number of aromatic nitrogens is 4. The van der Waals surface area contributed by atoms with Crippen LogP contribution in [0.4, 0.5) is 5.82 Å². The summed E-state index contributed by atoms with van der Waals surface area (Å²) in [5.74, 6) is 0.397. The summed E-state index contributed by atoms with van der Waals surface area (Å²) in [6.07, 6.45) is 6.18.